The van der Waals surface area contributed by atoms with Crippen molar-refractivity contribution in [1.29, 1.82) is 0 Å². The second-order valence-corrected chi connectivity index (χ2v) is 6.30. The highest BCUT2D eigenvalue weighted by Crippen LogP contribution is 2.31. The number of nitro benzene ring substituents is 1. The maximum Gasteiger partial charge on any atom is 0.270 e. The van der Waals surface area contributed by atoms with Gasteiger partial charge in [-0.1, -0.05) is 17.7 Å². The number of methoxy groups -OCH3 is 1. The van der Waals surface area contributed by atoms with Gasteiger partial charge >= 0.3 is 0 Å². The molecule has 3 aromatic rings. The highest BCUT2D eigenvalue weighted by atomic mass is 35.5. The molecule has 9 heteroatoms. The molecule has 1 amide bonds. The van der Waals surface area contributed by atoms with E-state index in [-0.39, 0.29) is 22.9 Å². The van der Waals surface area contributed by atoms with Gasteiger partial charge in [0.2, 0.25) is 0 Å². The number of amides is 1. The number of nitro groups is 1. The molecule has 0 aliphatic carbocycles. The summed E-state index contributed by atoms with van der Waals surface area (Å²) in [7, 11) is 1.52. The number of ether oxygens (including phenoxy) is 2. The molecule has 0 aliphatic heterocycles. The van der Waals surface area contributed by atoms with Gasteiger partial charge in [0.25, 0.3) is 11.6 Å². The maximum atomic E-state index is 12.5. The second-order valence-electron chi connectivity index (χ2n) is 5.89. The number of hydrogen-bond acceptors (Lipinski definition) is 6. The fourth-order valence-corrected chi connectivity index (χ4v) is 2.77. The minimum absolute atomic E-state index is 0.0155. The number of non-ortho nitro benzene ring substituents is 1. The predicted molar refractivity (Wildman–Crippen MR) is 108 cm³/mol. The van der Waals surface area contributed by atoms with Gasteiger partial charge in [-0.05, 0) is 24.3 Å². The van der Waals surface area contributed by atoms with Crippen molar-refractivity contribution in [2.75, 3.05) is 12.4 Å². The summed E-state index contributed by atoms with van der Waals surface area (Å²) < 4.78 is 11.1. The lowest BCUT2D eigenvalue weighted by atomic mass is 10.2. The summed E-state index contributed by atoms with van der Waals surface area (Å²) in [5.41, 5.74) is 1.25. The van der Waals surface area contributed by atoms with Gasteiger partial charge in [0, 0.05) is 41.8 Å². The topological polar surface area (TPSA) is 104 Å². The van der Waals surface area contributed by atoms with Crippen LogP contribution in [-0.4, -0.2) is 22.9 Å². The zero-order valence-corrected chi connectivity index (χ0v) is 16.1. The number of pyridine rings is 1. The molecule has 8 nitrogen and oxygen atoms in total. The van der Waals surface area contributed by atoms with Gasteiger partial charge in [0.15, 0.2) is 11.5 Å². The number of rotatable bonds is 7. The van der Waals surface area contributed by atoms with E-state index in [1.54, 1.807) is 36.7 Å². The molecular formula is C20H16ClN3O5. The molecule has 29 heavy (non-hydrogen) atoms. The third-order valence-electron chi connectivity index (χ3n) is 3.95. The van der Waals surface area contributed by atoms with Crippen LogP contribution in [0.1, 0.15) is 15.9 Å². The molecule has 1 aromatic heterocycles. The summed E-state index contributed by atoms with van der Waals surface area (Å²) in [4.78, 5) is 26.8. The van der Waals surface area contributed by atoms with E-state index in [0.717, 1.165) is 11.6 Å². The van der Waals surface area contributed by atoms with E-state index >= 15 is 0 Å². The normalized spacial score (nSPS) is 10.3. The smallest absolute Gasteiger partial charge is 0.270 e. The predicted octanol–water partition coefficient (Wildman–Crippen LogP) is 4.48. The summed E-state index contributed by atoms with van der Waals surface area (Å²) in [6.07, 6.45) is 3.36. The van der Waals surface area contributed by atoms with Gasteiger partial charge in [-0.25, -0.2) is 0 Å². The van der Waals surface area contributed by atoms with E-state index in [0.29, 0.717) is 17.2 Å². The van der Waals surface area contributed by atoms with Crippen LogP contribution < -0.4 is 14.8 Å². The molecule has 0 saturated carbocycles. The highest BCUT2D eigenvalue weighted by Gasteiger charge is 2.16. The standard InChI is InChI=1S/C20H16ClN3O5/c1-28-18-7-4-14(9-19(18)29-12-13-3-2-8-22-11-13)23-20(25)16-6-5-15(24(26)27)10-17(16)21/h2-11H,12H2,1H3,(H,23,25). The Labute approximate surface area is 171 Å². The molecule has 0 bridgehead atoms. The van der Waals surface area contributed by atoms with Crippen molar-refractivity contribution >= 4 is 28.9 Å². The summed E-state index contributed by atoms with van der Waals surface area (Å²) >= 11 is 6.02. The van der Waals surface area contributed by atoms with Crippen LogP contribution in [0.5, 0.6) is 11.5 Å². The lowest BCUT2D eigenvalue weighted by molar-refractivity contribution is -0.384. The molecule has 148 valence electrons. The van der Waals surface area contributed by atoms with Crippen molar-refractivity contribution in [2.45, 2.75) is 6.61 Å². The Morgan fingerprint density at radius 2 is 2.03 bits per heavy atom. The fraction of sp³-hybridized carbons (Fsp3) is 0.100. The van der Waals surface area contributed by atoms with Crippen LogP contribution >= 0.6 is 11.6 Å². The van der Waals surface area contributed by atoms with Gasteiger partial charge in [-0.15, -0.1) is 0 Å². The van der Waals surface area contributed by atoms with Crippen LogP contribution in [0.4, 0.5) is 11.4 Å². The van der Waals surface area contributed by atoms with E-state index in [1.807, 2.05) is 6.07 Å². The van der Waals surface area contributed by atoms with Crippen LogP contribution in [0.2, 0.25) is 5.02 Å². The molecule has 0 aliphatic rings. The number of anilines is 1. The Kier molecular flexibility index (Phi) is 6.25. The first kappa shape index (κ1) is 20.1. The number of nitrogens with zero attached hydrogens (tertiary/aromatic N) is 2. The molecule has 0 saturated heterocycles. The van der Waals surface area contributed by atoms with Crippen LogP contribution in [0.3, 0.4) is 0 Å². The van der Waals surface area contributed by atoms with Crippen molar-refractivity contribution in [2.24, 2.45) is 0 Å². The molecule has 0 radical (unpaired) electrons. The van der Waals surface area contributed by atoms with E-state index in [9.17, 15) is 14.9 Å². The molecule has 0 atom stereocenters. The van der Waals surface area contributed by atoms with E-state index in [4.69, 9.17) is 21.1 Å². The molecule has 0 fully saturated rings. The van der Waals surface area contributed by atoms with Crippen LogP contribution in [0, 0.1) is 10.1 Å². The van der Waals surface area contributed by atoms with Crippen molar-refractivity contribution in [3.05, 3.63) is 87.2 Å². The van der Waals surface area contributed by atoms with Gasteiger partial charge in [0.1, 0.15) is 6.61 Å². The number of nitrogens with one attached hydrogen (secondary N) is 1. The molecule has 1 N–H and O–H groups in total. The molecular weight excluding hydrogens is 398 g/mol. The van der Waals surface area contributed by atoms with Crippen molar-refractivity contribution < 1.29 is 19.2 Å². The summed E-state index contributed by atoms with van der Waals surface area (Å²) in [5.74, 6) is 0.428. The third kappa shape index (κ3) is 4.99. The minimum atomic E-state index is -0.580. The lowest BCUT2D eigenvalue weighted by Crippen LogP contribution is -2.13. The second kappa shape index (κ2) is 9.03. The van der Waals surface area contributed by atoms with E-state index in [2.05, 4.69) is 10.3 Å². The Bertz CT molecular complexity index is 1040. The van der Waals surface area contributed by atoms with Crippen LogP contribution in [0.25, 0.3) is 0 Å². The molecule has 0 unspecified atom stereocenters. The first-order chi connectivity index (χ1) is 14.0. The summed E-state index contributed by atoms with van der Waals surface area (Å²) in [6, 6.07) is 12.3. The number of hydrogen-bond donors (Lipinski definition) is 1. The maximum absolute atomic E-state index is 12.5. The summed E-state index contributed by atoms with van der Waals surface area (Å²) in [5, 5.41) is 13.5. The van der Waals surface area contributed by atoms with E-state index in [1.165, 1.54) is 19.2 Å². The Hall–Kier alpha value is -3.65. The average molecular weight is 414 g/mol. The van der Waals surface area contributed by atoms with E-state index < -0.39 is 10.8 Å². The number of carbonyl (C=O) groups excluding carboxylic acids is 1. The number of halogens is 1. The molecule has 0 spiro atoms. The first-order valence-electron chi connectivity index (χ1n) is 8.43. The van der Waals surface area contributed by atoms with Crippen molar-refractivity contribution in [3.63, 3.8) is 0 Å². The third-order valence-corrected chi connectivity index (χ3v) is 4.26. The number of carbonyl (C=O) groups is 1. The molecule has 1 heterocycles. The SMILES string of the molecule is COc1ccc(NC(=O)c2ccc([N+](=O)[O-])cc2Cl)cc1OCc1cccnc1. The largest absolute Gasteiger partial charge is 0.493 e. The van der Waals surface area contributed by atoms with Crippen molar-refractivity contribution in [1.82, 2.24) is 4.98 Å². The average Bonchev–Trinajstić information content (AvgIpc) is 2.73. The fourth-order valence-electron chi connectivity index (χ4n) is 2.51. The highest BCUT2D eigenvalue weighted by molar-refractivity contribution is 6.34. The van der Waals surface area contributed by atoms with Crippen LogP contribution in [0.15, 0.2) is 60.9 Å². The molecule has 3 rings (SSSR count). The van der Waals surface area contributed by atoms with Gasteiger partial charge < -0.3 is 14.8 Å². The Morgan fingerprint density at radius 3 is 2.69 bits per heavy atom. The lowest BCUT2D eigenvalue weighted by Gasteiger charge is -2.13. The zero-order chi connectivity index (χ0) is 20.8. The molecule has 2 aromatic carbocycles. The Morgan fingerprint density at radius 1 is 1.21 bits per heavy atom. The van der Waals surface area contributed by atoms with Gasteiger partial charge in [0.05, 0.1) is 22.6 Å². The zero-order valence-electron chi connectivity index (χ0n) is 15.3. The minimum Gasteiger partial charge on any atom is -0.493 e. The van der Waals surface area contributed by atoms with Gasteiger partial charge in [-0.3, -0.25) is 19.9 Å². The monoisotopic (exact) mass is 413 g/mol. The van der Waals surface area contributed by atoms with Crippen molar-refractivity contribution in [3.8, 4) is 11.5 Å². The quantitative estimate of drug-likeness (QED) is 0.452. The Balaban J connectivity index is 1.77. The summed E-state index contributed by atoms with van der Waals surface area (Å²) in [6.45, 7) is 0.274. The first-order valence-corrected chi connectivity index (χ1v) is 8.81. The van der Waals surface area contributed by atoms with Crippen LogP contribution in [-0.2, 0) is 6.61 Å². The number of aromatic nitrogens is 1. The number of benzene rings is 2. The van der Waals surface area contributed by atoms with Gasteiger partial charge in [-0.2, -0.15) is 0 Å².